The highest BCUT2D eigenvalue weighted by molar-refractivity contribution is 14.1. The second-order valence-corrected chi connectivity index (χ2v) is 8.01. The molecule has 0 aliphatic heterocycles. The number of hydrogen-bond donors (Lipinski definition) is 1. The van der Waals surface area contributed by atoms with Gasteiger partial charge in [0.25, 0.3) is 5.91 Å². The van der Waals surface area contributed by atoms with Crippen molar-refractivity contribution in [3.63, 3.8) is 0 Å². The van der Waals surface area contributed by atoms with E-state index in [-0.39, 0.29) is 11.7 Å². The first-order chi connectivity index (χ1) is 16.0. The monoisotopic (exact) mass is 558 g/mol. The molecule has 3 aromatic carbocycles. The van der Waals surface area contributed by atoms with Crippen molar-refractivity contribution in [1.82, 2.24) is 5.43 Å². The Hall–Kier alpha value is -3.40. The Labute approximate surface area is 205 Å². The second kappa shape index (κ2) is 12.0. The summed E-state index contributed by atoms with van der Waals surface area (Å²) in [6, 6.07) is 19.0. The molecule has 8 heteroatoms. The van der Waals surface area contributed by atoms with Gasteiger partial charge in [-0.1, -0.05) is 19.1 Å². The van der Waals surface area contributed by atoms with Gasteiger partial charge in [-0.05, 0) is 89.2 Å². The highest BCUT2D eigenvalue weighted by Crippen LogP contribution is 2.28. The maximum Gasteiger partial charge on any atom is 0.343 e. The molecule has 33 heavy (non-hydrogen) atoms. The smallest absolute Gasteiger partial charge is 0.343 e. The van der Waals surface area contributed by atoms with Crippen LogP contribution >= 0.6 is 22.6 Å². The van der Waals surface area contributed by atoms with E-state index < -0.39 is 5.97 Å². The Morgan fingerprint density at radius 3 is 2.48 bits per heavy atom. The van der Waals surface area contributed by atoms with Crippen molar-refractivity contribution < 1.29 is 23.8 Å². The number of carbonyl (C=O) groups is 2. The summed E-state index contributed by atoms with van der Waals surface area (Å²) in [7, 11) is 1.48. The first-order valence-corrected chi connectivity index (χ1v) is 11.3. The van der Waals surface area contributed by atoms with Gasteiger partial charge >= 0.3 is 5.97 Å². The summed E-state index contributed by atoms with van der Waals surface area (Å²) in [5.41, 5.74) is 4.09. The van der Waals surface area contributed by atoms with E-state index >= 15 is 0 Å². The number of carbonyl (C=O) groups excluding carboxylic acids is 2. The number of rotatable bonds is 9. The largest absolute Gasteiger partial charge is 0.494 e. The first-order valence-electron chi connectivity index (χ1n) is 10.2. The summed E-state index contributed by atoms with van der Waals surface area (Å²) in [6.45, 7) is 2.64. The van der Waals surface area contributed by atoms with Crippen molar-refractivity contribution in [2.75, 3.05) is 13.7 Å². The number of ether oxygens (including phenoxy) is 3. The molecule has 0 atom stereocenters. The Kier molecular flexibility index (Phi) is 8.82. The van der Waals surface area contributed by atoms with Crippen molar-refractivity contribution >= 4 is 40.7 Å². The third-order valence-electron chi connectivity index (χ3n) is 4.45. The lowest BCUT2D eigenvalue weighted by Crippen LogP contribution is -2.18. The van der Waals surface area contributed by atoms with E-state index in [2.05, 4.69) is 33.1 Å². The zero-order chi connectivity index (χ0) is 23.6. The standard InChI is InChI=1S/C25H23IN2O5/c1-3-14-32-19-11-9-18(10-12-19)25(30)33-22-13-8-17(15-23(22)31-2)16-27-28-24(29)20-6-4-5-7-21(20)26/h4-13,15-16H,3,14H2,1-2H3,(H,28,29). The number of benzene rings is 3. The van der Waals surface area contributed by atoms with Gasteiger partial charge in [-0.2, -0.15) is 5.10 Å². The number of esters is 1. The molecular weight excluding hydrogens is 535 g/mol. The maximum absolute atomic E-state index is 12.5. The molecule has 0 saturated heterocycles. The van der Waals surface area contributed by atoms with Crippen LogP contribution in [0.4, 0.5) is 0 Å². The van der Waals surface area contributed by atoms with E-state index in [0.717, 1.165) is 9.99 Å². The fourth-order valence-electron chi connectivity index (χ4n) is 2.79. The predicted molar refractivity (Wildman–Crippen MR) is 134 cm³/mol. The number of halogens is 1. The van der Waals surface area contributed by atoms with Crippen molar-refractivity contribution in [2.45, 2.75) is 13.3 Å². The Morgan fingerprint density at radius 1 is 1.03 bits per heavy atom. The van der Waals surface area contributed by atoms with Gasteiger partial charge in [0.1, 0.15) is 5.75 Å². The number of nitrogens with zero attached hydrogens (tertiary/aromatic N) is 1. The van der Waals surface area contributed by atoms with E-state index in [1.165, 1.54) is 13.3 Å². The van der Waals surface area contributed by atoms with Crippen LogP contribution in [0.3, 0.4) is 0 Å². The molecule has 0 spiro atoms. The molecule has 0 radical (unpaired) electrons. The topological polar surface area (TPSA) is 86.2 Å². The van der Waals surface area contributed by atoms with Gasteiger partial charge in [-0.3, -0.25) is 4.79 Å². The van der Waals surface area contributed by atoms with E-state index in [1.54, 1.807) is 54.6 Å². The summed E-state index contributed by atoms with van der Waals surface area (Å²) < 4.78 is 17.2. The van der Waals surface area contributed by atoms with Crippen molar-refractivity contribution in [2.24, 2.45) is 5.10 Å². The average Bonchev–Trinajstić information content (AvgIpc) is 2.84. The van der Waals surface area contributed by atoms with E-state index in [1.807, 2.05) is 19.1 Å². The summed E-state index contributed by atoms with van der Waals surface area (Å²) in [4.78, 5) is 24.8. The minimum Gasteiger partial charge on any atom is -0.494 e. The van der Waals surface area contributed by atoms with Crippen molar-refractivity contribution in [1.29, 1.82) is 0 Å². The third kappa shape index (κ3) is 6.79. The quantitative estimate of drug-likeness (QED) is 0.130. The zero-order valence-electron chi connectivity index (χ0n) is 18.2. The van der Waals surface area contributed by atoms with Crippen LogP contribution < -0.4 is 19.6 Å². The van der Waals surface area contributed by atoms with Crippen LogP contribution in [0.25, 0.3) is 0 Å². The molecule has 0 aliphatic rings. The zero-order valence-corrected chi connectivity index (χ0v) is 20.4. The normalized spacial score (nSPS) is 10.6. The molecule has 3 rings (SSSR count). The lowest BCUT2D eigenvalue weighted by molar-refractivity contribution is 0.0729. The van der Waals surface area contributed by atoms with Crippen LogP contribution in [0.5, 0.6) is 17.2 Å². The van der Waals surface area contributed by atoms with Crippen LogP contribution in [0, 0.1) is 3.57 Å². The van der Waals surface area contributed by atoms with Crippen molar-refractivity contribution in [3.8, 4) is 17.2 Å². The van der Waals surface area contributed by atoms with Gasteiger partial charge in [0.15, 0.2) is 11.5 Å². The molecule has 0 aromatic heterocycles. The van der Waals surface area contributed by atoms with Gasteiger partial charge in [0, 0.05) is 3.57 Å². The molecule has 0 bridgehead atoms. The number of nitrogens with one attached hydrogen (secondary N) is 1. The summed E-state index contributed by atoms with van der Waals surface area (Å²) in [5.74, 6) is 0.512. The Bertz CT molecular complexity index is 1150. The van der Waals surface area contributed by atoms with Crippen LogP contribution in [0.15, 0.2) is 71.8 Å². The van der Waals surface area contributed by atoms with Gasteiger partial charge in [-0.25, -0.2) is 10.2 Å². The van der Waals surface area contributed by atoms with E-state index in [0.29, 0.717) is 34.8 Å². The second-order valence-electron chi connectivity index (χ2n) is 6.85. The Balaban J connectivity index is 1.64. The van der Waals surface area contributed by atoms with Crippen molar-refractivity contribution in [3.05, 3.63) is 87.0 Å². The lowest BCUT2D eigenvalue weighted by atomic mass is 10.2. The molecule has 0 saturated carbocycles. The molecule has 1 amide bonds. The minimum absolute atomic E-state index is 0.272. The molecule has 0 unspecified atom stereocenters. The van der Waals surface area contributed by atoms with Crippen LogP contribution in [0.1, 0.15) is 39.6 Å². The number of amides is 1. The fraction of sp³-hybridized carbons (Fsp3) is 0.160. The summed E-state index contributed by atoms with van der Waals surface area (Å²) in [6.07, 6.45) is 2.39. The molecular formula is C25H23IN2O5. The number of hydrazone groups is 1. The summed E-state index contributed by atoms with van der Waals surface area (Å²) in [5, 5.41) is 4.00. The van der Waals surface area contributed by atoms with E-state index in [9.17, 15) is 9.59 Å². The molecule has 0 aliphatic carbocycles. The van der Waals surface area contributed by atoms with Gasteiger partial charge < -0.3 is 14.2 Å². The average molecular weight is 558 g/mol. The van der Waals surface area contributed by atoms with Crippen LogP contribution in [-0.2, 0) is 0 Å². The highest BCUT2D eigenvalue weighted by Gasteiger charge is 2.13. The molecule has 0 heterocycles. The lowest BCUT2D eigenvalue weighted by Gasteiger charge is -2.10. The number of methoxy groups -OCH3 is 1. The van der Waals surface area contributed by atoms with Gasteiger partial charge in [0.2, 0.25) is 0 Å². The summed E-state index contributed by atoms with van der Waals surface area (Å²) >= 11 is 2.10. The molecule has 0 fully saturated rings. The minimum atomic E-state index is -0.513. The molecule has 170 valence electrons. The molecule has 3 aromatic rings. The van der Waals surface area contributed by atoms with Crippen LogP contribution in [0.2, 0.25) is 0 Å². The van der Waals surface area contributed by atoms with Gasteiger partial charge in [0.05, 0.1) is 31.1 Å². The molecule has 1 N–H and O–H groups in total. The van der Waals surface area contributed by atoms with E-state index in [4.69, 9.17) is 14.2 Å². The third-order valence-corrected chi connectivity index (χ3v) is 5.39. The maximum atomic E-state index is 12.5. The molecule has 7 nitrogen and oxygen atoms in total. The Morgan fingerprint density at radius 2 is 1.79 bits per heavy atom. The first kappa shape index (κ1) is 24.2. The SMILES string of the molecule is CCCOc1ccc(C(=O)Oc2ccc(C=NNC(=O)c3ccccc3I)cc2OC)cc1. The predicted octanol–water partition coefficient (Wildman–Crippen LogP) is 5.07. The highest BCUT2D eigenvalue weighted by atomic mass is 127. The fourth-order valence-corrected chi connectivity index (χ4v) is 3.42. The number of hydrogen-bond acceptors (Lipinski definition) is 6. The van der Waals surface area contributed by atoms with Gasteiger partial charge in [-0.15, -0.1) is 0 Å². The van der Waals surface area contributed by atoms with Crippen LogP contribution in [-0.4, -0.2) is 31.8 Å².